The number of rotatable bonds is 4. The number of aliphatic imine (C=N–C) groups is 1. The van der Waals surface area contributed by atoms with Gasteiger partial charge in [-0.1, -0.05) is 39.0 Å². The van der Waals surface area contributed by atoms with E-state index in [1.807, 2.05) is 40.1 Å². The number of carbonyl (C=O) groups is 1. The minimum absolute atomic E-state index is 0.101. The first-order valence-electron chi connectivity index (χ1n) is 12.4. The quantitative estimate of drug-likeness (QED) is 0.466. The number of aromatic nitrogens is 1. The molecule has 0 N–H and O–H groups in total. The molecule has 182 valence electrons. The van der Waals surface area contributed by atoms with Gasteiger partial charge in [-0.3, -0.25) is 4.79 Å². The van der Waals surface area contributed by atoms with Gasteiger partial charge in [0.2, 0.25) is 5.91 Å². The second-order valence-corrected chi connectivity index (χ2v) is 11.7. The molecule has 1 aromatic carbocycles. The number of ether oxygens (including phenoxy) is 1. The zero-order valence-corrected chi connectivity index (χ0v) is 21.5. The topological polar surface area (TPSA) is 70.6 Å². The van der Waals surface area contributed by atoms with E-state index in [0.29, 0.717) is 38.8 Å². The molecule has 2 aliphatic rings. The van der Waals surface area contributed by atoms with Crippen LogP contribution in [0.4, 0.5) is 5.00 Å². The first-order chi connectivity index (χ1) is 16.8. The van der Waals surface area contributed by atoms with E-state index in [4.69, 9.17) is 9.73 Å². The molecule has 1 amide bonds. The van der Waals surface area contributed by atoms with Crippen molar-refractivity contribution in [1.82, 2.24) is 9.47 Å². The maximum Gasteiger partial charge on any atom is 0.242 e. The summed E-state index contributed by atoms with van der Waals surface area (Å²) in [5.41, 5.74) is 4.16. The highest BCUT2D eigenvalue weighted by atomic mass is 32.1. The summed E-state index contributed by atoms with van der Waals surface area (Å²) in [5, 5.41) is 11.8. The van der Waals surface area contributed by atoms with Crippen molar-refractivity contribution < 1.29 is 9.53 Å². The van der Waals surface area contributed by atoms with Gasteiger partial charge in [-0.05, 0) is 42.2 Å². The van der Waals surface area contributed by atoms with Crippen LogP contribution in [0.15, 0.2) is 35.5 Å². The summed E-state index contributed by atoms with van der Waals surface area (Å²) in [6, 6.07) is 10.5. The Labute approximate surface area is 210 Å². The van der Waals surface area contributed by atoms with Crippen molar-refractivity contribution >= 4 is 39.4 Å². The Morgan fingerprint density at radius 2 is 2.06 bits per heavy atom. The van der Waals surface area contributed by atoms with Crippen molar-refractivity contribution in [1.29, 1.82) is 5.26 Å². The molecule has 35 heavy (non-hydrogen) atoms. The van der Waals surface area contributed by atoms with Crippen molar-refractivity contribution in [3.05, 3.63) is 52.0 Å². The van der Waals surface area contributed by atoms with Crippen LogP contribution in [0.3, 0.4) is 0 Å². The fourth-order valence-electron chi connectivity index (χ4n) is 5.21. The standard InChI is InChI=1S/C28H32N4O2S/c1-28(2,3)20-8-9-22-23(15-29)27(35-25(22)14-20)30-16-19-17-32(24-7-5-4-6-21(19)24)18-26(33)31-10-12-34-13-11-31/h4-7,16-17,20H,8-14,18H2,1-3H3/t20-/m0/s1. The van der Waals surface area contributed by atoms with Gasteiger partial charge in [0.15, 0.2) is 0 Å². The highest BCUT2D eigenvalue weighted by Gasteiger charge is 2.32. The Bertz CT molecular complexity index is 1320. The molecule has 1 aliphatic carbocycles. The van der Waals surface area contributed by atoms with Crippen molar-refractivity contribution in [2.24, 2.45) is 16.3 Å². The fourth-order valence-corrected chi connectivity index (χ4v) is 6.43. The third kappa shape index (κ3) is 4.78. The number of hydrogen-bond donors (Lipinski definition) is 0. The van der Waals surface area contributed by atoms with Gasteiger partial charge in [0.1, 0.15) is 17.6 Å². The molecule has 0 bridgehead atoms. The van der Waals surface area contributed by atoms with Crippen LogP contribution in [0, 0.1) is 22.7 Å². The number of nitrogens with zero attached hydrogens (tertiary/aromatic N) is 4. The fraction of sp³-hybridized carbons (Fsp3) is 0.464. The maximum atomic E-state index is 12.9. The molecule has 3 aromatic rings. The zero-order chi connectivity index (χ0) is 24.6. The number of thiophene rings is 1. The van der Waals surface area contributed by atoms with Crippen molar-refractivity contribution in [2.45, 2.75) is 46.6 Å². The predicted octanol–water partition coefficient (Wildman–Crippen LogP) is 5.33. The molecular weight excluding hydrogens is 456 g/mol. The summed E-state index contributed by atoms with van der Waals surface area (Å²) in [7, 11) is 0. The lowest BCUT2D eigenvalue weighted by atomic mass is 9.72. The summed E-state index contributed by atoms with van der Waals surface area (Å²) >= 11 is 1.67. The molecule has 3 heterocycles. The van der Waals surface area contributed by atoms with E-state index in [1.165, 1.54) is 10.4 Å². The summed E-state index contributed by atoms with van der Waals surface area (Å²) in [6.07, 6.45) is 6.96. The molecular formula is C28H32N4O2S. The van der Waals surface area contributed by atoms with Crippen LogP contribution in [0.25, 0.3) is 10.9 Å². The molecule has 0 unspecified atom stereocenters. The maximum absolute atomic E-state index is 12.9. The summed E-state index contributed by atoms with van der Waals surface area (Å²) in [5.74, 6) is 0.725. The highest BCUT2D eigenvalue weighted by Crippen LogP contribution is 2.45. The summed E-state index contributed by atoms with van der Waals surface area (Å²) < 4.78 is 7.39. The minimum Gasteiger partial charge on any atom is -0.378 e. The third-order valence-electron chi connectivity index (χ3n) is 7.39. The van der Waals surface area contributed by atoms with Gasteiger partial charge < -0.3 is 14.2 Å². The second-order valence-electron chi connectivity index (χ2n) is 10.6. The van der Waals surface area contributed by atoms with E-state index in [1.54, 1.807) is 11.3 Å². The normalized spacial score (nSPS) is 18.7. The Kier molecular flexibility index (Phi) is 6.52. The lowest BCUT2D eigenvalue weighted by Crippen LogP contribution is -2.42. The van der Waals surface area contributed by atoms with Crippen molar-refractivity contribution in [2.75, 3.05) is 26.3 Å². The second kappa shape index (κ2) is 9.60. The number of para-hydroxylation sites is 1. The number of amides is 1. The molecule has 5 rings (SSSR count). The Hall–Kier alpha value is -2.95. The van der Waals surface area contributed by atoms with Gasteiger partial charge in [-0.15, -0.1) is 11.3 Å². The van der Waals surface area contributed by atoms with E-state index in [-0.39, 0.29) is 11.3 Å². The number of benzene rings is 1. The van der Waals surface area contributed by atoms with Crippen LogP contribution >= 0.6 is 11.3 Å². The monoisotopic (exact) mass is 488 g/mol. The van der Waals surface area contributed by atoms with Gasteiger partial charge in [0, 0.05) is 46.8 Å². The molecule has 1 aliphatic heterocycles. The van der Waals surface area contributed by atoms with Crippen LogP contribution in [0.1, 0.15) is 48.8 Å². The van der Waals surface area contributed by atoms with E-state index >= 15 is 0 Å². The van der Waals surface area contributed by atoms with E-state index in [0.717, 1.165) is 46.3 Å². The van der Waals surface area contributed by atoms with Gasteiger partial charge in [0.25, 0.3) is 0 Å². The average molecular weight is 489 g/mol. The molecule has 0 radical (unpaired) electrons. The van der Waals surface area contributed by atoms with Gasteiger partial charge in [-0.25, -0.2) is 4.99 Å². The molecule has 0 saturated carbocycles. The Morgan fingerprint density at radius 3 is 2.80 bits per heavy atom. The lowest BCUT2D eigenvalue weighted by Gasteiger charge is -2.33. The zero-order valence-electron chi connectivity index (χ0n) is 20.7. The molecule has 1 saturated heterocycles. The highest BCUT2D eigenvalue weighted by molar-refractivity contribution is 7.16. The summed E-state index contributed by atoms with van der Waals surface area (Å²) in [4.78, 5) is 20.9. The molecule has 6 nitrogen and oxygen atoms in total. The number of morpholine rings is 1. The molecule has 2 aromatic heterocycles. The van der Waals surface area contributed by atoms with Crippen LogP contribution in [0.5, 0.6) is 0 Å². The first kappa shape index (κ1) is 23.8. The molecule has 7 heteroatoms. The van der Waals surface area contributed by atoms with Crippen molar-refractivity contribution in [3.63, 3.8) is 0 Å². The molecule has 1 atom stereocenters. The molecule has 1 fully saturated rings. The van der Waals surface area contributed by atoms with Gasteiger partial charge in [-0.2, -0.15) is 5.26 Å². The SMILES string of the molecule is CC(C)(C)[C@H]1CCc2c(sc(N=Cc3cn(CC(=O)N4CCOCC4)c4ccccc34)c2C#N)C1. The van der Waals surface area contributed by atoms with Gasteiger partial charge >= 0.3 is 0 Å². The predicted molar refractivity (Wildman–Crippen MR) is 141 cm³/mol. The van der Waals surface area contributed by atoms with E-state index in [9.17, 15) is 10.1 Å². The summed E-state index contributed by atoms with van der Waals surface area (Å²) in [6.45, 7) is 9.68. The van der Waals surface area contributed by atoms with Crippen molar-refractivity contribution in [3.8, 4) is 6.07 Å². The van der Waals surface area contributed by atoms with Crippen LogP contribution in [-0.2, 0) is 28.9 Å². The number of nitriles is 1. The smallest absolute Gasteiger partial charge is 0.242 e. The van der Waals surface area contributed by atoms with Crippen LogP contribution < -0.4 is 0 Å². The van der Waals surface area contributed by atoms with Crippen LogP contribution in [-0.4, -0.2) is 47.9 Å². The Morgan fingerprint density at radius 1 is 1.29 bits per heavy atom. The average Bonchev–Trinajstić information content (AvgIpc) is 3.39. The molecule has 0 spiro atoms. The Balaban J connectivity index is 1.43. The van der Waals surface area contributed by atoms with Crippen LogP contribution in [0.2, 0.25) is 0 Å². The first-order valence-corrected chi connectivity index (χ1v) is 13.2. The van der Waals surface area contributed by atoms with E-state index in [2.05, 4.69) is 32.9 Å². The van der Waals surface area contributed by atoms with E-state index < -0.39 is 0 Å². The number of carbonyl (C=O) groups excluding carboxylic acids is 1. The van der Waals surface area contributed by atoms with Gasteiger partial charge in [0.05, 0.1) is 18.8 Å². The number of hydrogen-bond acceptors (Lipinski definition) is 5. The lowest BCUT2D eigenvalue weighted by molar-refractivity contribution is -0.135. The minimum atomic E-state index is 0.101. The number of fused-ring (bicyclic) bond motifs is 2. The largest absolute Gasteiger partial charge is 0.378 e. The third-order valence-corrected chi connectivity index (χ3v) is 8.56.